The number of amides is 1. The summed E-state index contributed by atoms with van der Waals surface area (Å²) >= 11 is 0. The summed E-state index contributed by atoms with van der Waals surface area (Å²) < 4.78 is 0. The molecule has 1 aliphatic rings. The number of nitrogens with one attached hydrogen (secondary N) is 2. The molecule has 1 aromatic rings. The third kappa shape index (κ3) is 2.06. The number of carbonyl (C=O) groups excluding carboxylic acids is 1. The van der Waals surface area contributed by atoms with Crippen LogP contribution in [0.25, 0.3) is 0 Å². The molecule has 2 rings (SSSR count). The lowest BCUT2D eigenvalue weighted by molar-refractivity contribution is -0.0663. The Hall–Kier alpha value is -1.62. The molecule has 0 unspecified atom stereocenters. The van der Waals surface area contributed by atoms with E-state index in [0.717, 1.165) is 5.69 Å². The van der Waals surface area contributed by atoms with Crippen LogP contribution in [0.5, 0.6) is 0 Å². The van der Waals surface area contributed by atoms with Gasteiger partial charge in [0.25, 0.3) is 11.5 Å². The van der Waals surface area contributed by atoms with Gasteiger partial charge in [0, 0.05) is 28.6 Å². The molecule has 1 amide bonds. The standard InChI is InChI=1S/C15H23N3O2/c1-8-6-7-9(10(19)17-8)11(20)18-13-14(2,3)12(16)15(13,4)5/h6-7,12-13H,16H2,1-5H3,(H,17,19)(H,18,20). The lowest BCUT2D eigenvalue weighted by atomic mass is 9.48. The summed E-state index contributed by atoms with van der Waals surface area (Å²) in [5.41, 5.74) is 6.32. The molecule has 1 fully saturated rings. The predicted molar refractivity (Wildman–Crippen MR) is 78.6 cm³/mol. The van der Waals surface area contributed by atoms with Crippen molar-refractivity contribution in [1.29, 1.82) is 0 Å². The fraction of sp³-hybridized carbons (Fsp3) is 0.600. The van der Waals surface area contributed by atoms with Crippen molar-refractivity contribution in [3.05, 3.63) is 33.7 Å². The molecule has 0 radical (unpaired) electrons. The first kappa shape index (κ1) is 14.8. The number of hydrogen-bond donors (Lipinski definition) is 3. The molecule has 0 aromatic carbocycles. The van der Waals surface area contributed by atoms with Crippen LogP contribution in [-0.2, 0) is 0 Å². The number of aromatic nitrogens is 1. The third-order valence-electron chi connectivity index (χ3n) is 4.67. The number of rotatable bonds is 2. The van der Waals surface area contributed by atoms with Crippen LogP contribution in [0.15, 0.2) is 16.9 Å². The van der Waals surface area contributed by atoms with Crippen molar-refractivity contribution in [2.45, 2.75) is 46.7 Å². The fourth-order valence-electron chi connectivity index (χ4n) is 3.51. The second-order valence-corrected chi connectivity index (χ2v) is 6.91. The first-order chi connectivity index (χ1) is 9.08. The molecular weight excluding hydrogens is 254 g/mol. The molecule has 4 N–H and O–H groups in total. The topological polar surface area (TPSA) is 88.0 Å². The summed E-state index contributed by atoms with van der Waals surface area (Å²) in [6, 6.07) is 3.23. The second kappa shape index (κ2) is 4.45. The van der Waals surface area contributed by atoms with Crippen molar-refractivity contribution in [2.24, 2.45) is 16.6 Å². The van der Waals surface area contributed by atoms with Crippen LogP contribution in [0.3, 0.4) is 0 Å². The molecule has 1 aromatic heterocycles. The summed E-state index contributed by atoms with van der Waals surface area (Å²) in [5.74, 6) is -0.343. The number of hydrogen-bond acceptors (Lipinski definition) is 3. The van der Waals surface area contributed by atoms with Gasteiger partial charge in [0.15, 0.2) is 0 Å². The average Bonchev–Trinajstić information content (AvgIpc) is 2.34. The molecule has 1 saturated carbocycles. The Bertz CT molecular complexity index is 585. The van der Waals surface area contributed by atoms with Crippen molar-refractivity contribution in [1.82, 2.24) is 10.3 Å². The Morgan fingerprint density at radius 3 is 2.30 bits per heavy atom. The van der Waals surface area contributed by atoms with Gasteiger partial charge in [-0.05, 0) is 19.1 Å². The van der Waals surface area contributed by atoms with E-state index in [-0.39, 0.29) is 39.9 Å². The van der Waals surface area contributed by atoms with E-state index in [1.807, 2.05) is 27.7 Å². The molecule has 0 spiro atoms. The molecule has 0 atom stereocenters. The van der Waals surface area contributed by atoms with Gasteiger partial charge < -0.3 is 16.0 Å². The molecule has 110 valence electrons. The maximum atomic E-state index is 12.3. The Morgan fingerprint density at radius 1 is 1.25 bits per heavy atom. The highest BCUT2D eigenvalue weighted by Crippen LogP contribution is 2.52. The van der Waals surface area contributed by atoms with Gasteiger partial charge >= 0.3 is 0 Å². The van der Waals surface area contributed by atoms with Gasteiger partial charge in [-0.1, -0.05) is 27.7 Å². The first-order valence-corrected chi connectivity index (χ1v) is 6.85. The number of pyridine rings is 1. The lowest BCUT2D eigenvalue weighted by Crippen LogP contribution is -2.76. The molecule has 20 heavy (non-hydrogen) atoms. The third-order valence-corrected chi connectivity index (χ3v) is 4.67. The van der Waals surface area contributed by atoms with Crippen LogP contribution in [0, 0.1) is 17.8 Å². The van der Waals surface area contributed by atoms with Gasteiger partial charge in [0.2, 0.25) is 0 Å². The molecule has 0 aliphatic heterocycles. The van der Waals surface area contributed by atoms with Gasteiger partial charge in [0.1, 0.15) is 5.56 Å². The maximum Gasteiger partial charge on any atom is 0.260 e. The van der Waals surface area contributed by atoms with E-state index < -0.39 is 0 Å². The average molecular weight is 277 g/mol. The van der Waals surface area contributed by atoms with Crippen LogP contribution in [0.1, 0.15) is 43.7 Å². The van der Waals surface area contributed by atoms with Gasteiger partial charge in [-0.3, -0.25) is 9.59 Å². The monoisotopic (exact) mass is 277 g/mol. The maximum absolute atomic E-state index is 12.3. The van der Waals surface area contributed by atoms with Crippen molar-refractivity contribution >= 4 is 5.91 Å². The molecule has 5 nitrogen and oxygen atoms in total. The zero-order valence-electron chi connectivity index (χ0n) is 12.7. The molecule has 0 saturated heterocycles. The van der Waals surface area contributed by atoms with Crippen LogP contribution >= 0.6 is 0 Å². The van der Waals surface area contributed by atoms with Gasteiger partial charge in [0.05, 0.1) is 0 Å². The predicted octanol–water partition coefficient (Wildman–Crippen LogP) is 1.18. The summed E-state index contributed by atoms with van der Waals surface area (Å²) in [6.07, 6.45) is 0. The summed E-state index contributed by atoms with van der Waals surface area (Å²) in [5, 5.41) is 2.96. The van der Waals surface area contributed by atoms with E-state index in [9.17, 15) is 9.59 Å². The number of H-pyrrole nitrogens is 1. The van der Waals surface area contributed by atoms with Crippen molar-refractivity contribution in [3.63, 3.8) is 0 Å². The van der Waals surface area contributed by atoms with Crippen LogP contribution in [0.4, 0.5) is 0 Å². The first-order valence-electron chi connectivity index (χ1n) is 6.85. The van der Waals surface area contributed by atoms with Gasteiger partial charge in [-0.2, -0.15) is 0 Å². The Labute approximate surface area is 119 Å². The van der Waals surface area contributed by atoms with Gasteiger partial charge in [-0.15, -0.1) is 0 Å². The Morgan fingerprint density at radius 2 is 1.80 bits per heavy atom. The van der Waals surface area contributed by atoms with Crippen LogP contribution in [0.2, 0.25) is 0 Å². The van der Waals surface area contributed by atoms with Crippen molar-refractivity contribution in [2.75, 3.05) is 0 Å². The SMILES string of the molecule is Cc1ccc(C(=O)NC2C(C)(C)C(N)C2(C)C)c(=O)[nH]1. The molecule has 1 heterocycles. The molecule has 0 bridgehead atoms. The molecule has 5 heteroatoms. The van der Waals surface area contributed by atoms with Crippen molar-refractivity contribution in [3.8, 4) is 0 Å². The lowest BCUT2D eigenvalue weighted by Gasteiger charge is -2.62. The van der Waals surface area contributed by atoms with Gasteiger partial charge in [-0.25, -0.2) is 0 Å². The highest BCUT2D eigenvalue weighted by molar-refractivity contribution is 5.94. The number of aryl methyl sites for hydroxylation is 1. The van der Waals surface area contributed by atoms with E-state index in [4.69, 9.17) is 5.73 Å². The zero-order chi connectivity index (χ0) is 15.3. The van der Waals surface area contributed by atoms with E-state index in [0.29, 0.717) is 0 Å². The van der Waals surface area contributed by atoms with Crippen molar-refractivity contribution < 1.29 is 4.79 Å². The van der Waals surface area contributed by atoms with E-state index in [1.165, 1.54) is 0 Å². The summed E-state index contributed by atoms with van der Waals surface area (Å²) in [4.78, 5) is 26.7. The minimum Gasteiger partial charge on any atom is -0.348 e. The quantitative estimate of drug-likeness (QED) is 0.758. The summed E-state index contributed by atoms with van der Waals surface area (Å²) in [6.45, 7) is 9.92. The number of carbonyl (C=O) groups is 1. The minimum absolute atomic E-state index is 0.0107. The minimum atomic E-state index is -0.360. The fourth-order valence-corrected chi connectivity index (χ4v) is 3.51. The zero-order valence-corrected chi connectivity index (χ0v) is 12.7. The normalized spacial score (nSPS) is 26.7. The number of aromatic amines is 1. The highest BCUT2D eigenvalue weighted by Gasteiger charge is 2.60. The molecular formula is C15H23N3O2. The number of nitrogens with two attached hydrogens (primary N) is 1. The largest absolute Gasteiger partial charge is 0.348 e. The van der Waals surface area contributed by atoms with E-state index >= 15 is 0 Å². The second-order valence-electron chi connectivity index (χ2n) is 6.91. The van der Waals surface area contributed by atoms with E-state index in [1.54, 1.807) is 19.1 Å². The Kier molecular flexibility index (Phi) is 3.29. The van der Waals surface area contributed by atoms with E-state index in [2.05, 4.69) is 10.3 Å². The Balaban J connectivity index is 2.23. The smallest absolute Gasteiger partial charge is 0.260 e. The highest BCUT2D eigenvalue weighted by atomic mass is 16.2. The van der Waals surface area contributed by atoms with Crippen LogP contribution in [-0.4, -0.2) is 23.0 Å². The van der Waals surface area contributed by atoms with Crippen LogP contribution < -0.4 is 16.6 Å². The molecule has 1 aliphatic carbocycles. The summed E-state index contributed by atoms with van der Waals surface area (Å²) in [7, 11) is 0.